The van der Waals surface area contributed by atoms with E-state index in [9.17, 15) is 4.79 Å². The van der Waals surface area contributed by atoms with Crippen LogP contribution in [0, 0.1) is 0 Å². The molecule has 1 N–H and O–H groups in total. The minimum atomic E-state index is -0.991. The Kier molecular flexibility index (Phi) is 3.26. The fourth-order valence-corrected chi connectivity index (χ4v) is 1.92. The Morgan fingerprint density at radius 1 is 1.35 bits per heavy atom. The number of carbonyl (C=O) groups is 1. The molecular formula is C12H17N3O2. The molecule has 92 valence electrons. The predicted molar refractivity (Wildman–Crippen MR) is 64.5 cm³/mol. The van der Waals surface area contributed by atoms with E-state index in [-0.39, 0.29) is 11.6 Å². The van der Waals surface area contributed by atoms with E-state index in [2.05, 4.69) is 14.9 Å². The molecule has 5 heteroatoms. The summed E-state index contributed by atoms with van der Waals surface area (Å²) >= 11 is 0. The second kappa shape index (κ2) is 4.69. The lowest BCUT2D eigenvalue weighted by Crippen LogP contribution is -2.22. The number of carboxylic acids is 1. The average Bonchev–Trinajstić information content (AvgIpc) is 2.81. The molecule has 1 aliphatic rings. The van der Waals surface area contributed by atoms with Crippen molar-refractivity contribution in [2.24, 2.45) is 0 Å². The molecule has 0 bridgehead atoms. The summed E-state index contributed by atoms with van der Waals surface area (Å²) < 4.78 is 0. The van der Waals surface area contributed by atoms with Gasteiger partial charge in [-0.2, -0.15) is 0 Å². The van der Waals surface area contributed by atoms with Gasteiger partial charge in [-0.15, -0.1) is 0 Å². The Morgan fingerprint density at radius 2 is 2.00 bits per heavy atom. The third kappa shape index (κ3) is 2.54. The average molecular weight is 235 g/mol. The summed E-state index contributed by atoms with van der Waals surface area (Å²) in [5.74, 6) is -0.224. The van der Waals surface area contributed by atoms with Gasteiger partial charge in [0.15, 0.2) is 5.69 Å². The number of aromatic nitrogens is 2. The Labute approximate surface area is 100 Å². The SMILES string of the molecule is CC(C)c1cc(C(=O)O)nc(N2CCCC2)n1. The van der Waals surface area contributed by atoms with Gasteiger partial charge in [0.05, 0.1) is 0 Å². The molecule has 2 heterocycles. The molecule has 17 heavy (non-hydrogen) atoms. The van der Waals surface area contributed by atoms with Gasteiger partial charge in [-0.05, 0) is 24.8 Å². The first-order chi connectivity index (χ1) is 8.08. The lowest BCUT2D eigenvalue weighted by atomic mass is 10.1. The van der Waals surface area contributed by atoms with Crippen molar-refractivity contribution in [2.75, 3.05) is 18.0 Å². The molecule has 2 rings (SSSR count). The van der Waals surface area contributed by atoms with Gasteiger partial charge in [0.1, 0.15) is 0 Å². The molecule has 0 spiro atoms. The Morgan fingerprint density at radius 3 is 2.53 bits per heavy atom. The van der Waals surface area contributed by atoms with Gasteiger partial charge in [-0.25, -0.2) is 14.8 Å². The maximum Gasteiger partial charge on any atom is 0.354 e. The molecule has 5 nitrogen and oxygen atoms in total. The summed E-state index contributed by atoms with van der Waals surface area (Å²) in [5, 5.41) is 9.05. The van der Waals surface area contributed by atoms with Crippen molar-refractivity contribution < 1.29 is 9.90 Å². The molecule has 1 aromatic heterocycles. The Bertz CT molecular complexity index is 426. The number of hydrogen-bond donors (Lipinski definition) is 1. The highest BCUT2D eigenvalue weighted by atomic mass is 16.4. The molecule has 0 unspecified atom stereocenters. The van der Waals surface area contributed by atoms with Crippen LogP contribution in [-0.4, -0.2) is 34.1 Å². The van der Waals surface area contributed by atoms with Crippen LogP contribution in [-0.2, 0) is 0 Å². The first-order valence-electron chi connectivity index (χ1n) is 5.95. The lowest BCUT2D eigenvalue weighted by Gasteiger charge is -2.17. The van der Waals surface area contributed by atoms with Crippen LogP contribution in [0.1, 0.15) is 48.8 Å². The second-order valence-electron chi connectivity index (χ2n) is 4.63. The van der Waals surface area contributed by atoms with E-state index in [4.69, 9.17) is 5.11 Å². The topological polar surface area (TPSA) is 66.3 Å². The predicted octanol–water partition coefficient (Wildman–Crippen LogP) is 1.90. The maximum absolute atomic E-state index is 11.0. The molecule has 0 atom stereocenters. The first kappa shape index (κ1) is 11.8. The van der Waals surface area contributed by atoms with Crippen LogP contribution in [0.3, 0.4) is 0 Å². The zero-order chi connectivity index (χ0) is 12.4. The molecule has 0 radical (unpaired) electrons. The highest BCUT2D eigenvalue weighted by Crippen LogP contribution is 2.20. The van der Waals surface area contributed by atoms with Gasteiger partial charge < -0.3 is 10.0 Å². The van der Waals surface area contributed by atoms with Crippen molar-refractivity contribution in [3.63, 3.8) is 0 Å². The zero-order valence-electron chi connectivity index (χ0n) is 10.2. The minimum absolute atomic E-state index is 0.0885. The monoisotopic (exact) mass is 235 g/mol. The van der Waals surface area contributed by atoms with Gasteiger partial charge in [-0.1, -0.05) is 13.8 Å². The lowest BCUT2D eigenvalue weighted by molar-refractivity contribution is 0.0690. The van der Waals surface area contributed by atoms with Crippen molar-refractivity contribution in [1.29, 1.82) is 0 Å². The maximum atomic E-state index is 11.0. The van der Waals surface area contributed by atoms with Crippen molar-refractivity contribution in [2.45, 2.75) is 32.6 Å². The molecule has 1 aromatic rings. The van der Waals surface area contributed by atoms with Crippen molar-refractivity contribution in [3.8, 4) is 0 Å². The number of hydrogen-bond acceptors (Lipinski definition) is 4. The molecule has 1 aliphatic heterocycles. The molecule has 0 saturated carbocycles. The van der Waals surface area contributed by atoms with E-state index in [1.165, 1.54) is 0 Å². The summed E-state index contributed by atoms with van der Waals surface area (Å²) in [6, 6.07) is 1.56. The summed E-state index contributed by atoms with van der Waals surface area (Å²) in [6.45, 7) is 5.84. The minimum Gasteiger partial charge on any atom is -0.477 e. The largest absolute Gasteiger partial charge is 0.477 e. The van der Waals surface area contributed by atoms with E-state index in [1.54, 1.807) is 6.07 Å². The molecule has 1 saturated heterocycles. The number of nitrogens with zero attached hydrogens (tertiary/aromatic N) is 3. The van der Waals surface area contributed by atoms with E-state index in [0.29, 0.717) is 5.95 Å². The fraction of sp³-hybridized carbons (Fsp3) is 0.583. The summed E-state index contributed by atoms with van der Waals surface area (Å²) in [6.07, 6.45) is 2.25. The van der Waals surface area contributed by atoms with Crippen LogP contribution in [0.4, 0.5) is 5.95 Å². The van der Waals surface area contributed by atoms with Crippen molar-refractivity contribution in [3.05, 3.63) is 17.5 Å². The van der Waals surface area contributed by atoms with E-state index in [0.717, 1.165) is 31.6 Å². The van der Waals surface area contributed by atoms with Gasteiger partial charge in [0.2, 0.25) is 5.95 Å². The van der Waals surface area contributed by atoms with Gasteiger partial charge in [0, 0.05) is 18.8 Å². The van der Waals surface area contributed by atoms with Crippen LogP contribution in [0.25, 0.3) is 0 Å². The van der Waals surface area contributed by atoms with Crippen LogP contribution in [0.15, 0.2) is 6.07 Å². The smallest absolute Gasteiger partial charge is 0.354 e. The number of aromatic carboxylic acids is 1. The Balaban J connectivity index is 2.39. The van der Waals surface area contributed by atoms with E-state index in [1.807, 2.05) is 13.8 Å². The van der Waals surface area contributed by atoms with Crippen molar-refractivity contribution in [1.82, 2.24) is 9.97 Å². The van der Waals surface area contributed by atoms with Gasteiger partial charge >= 0.3 is 5.97 Å². The Hall–Kier alpha value is -1.65. The third-order valence-electron chi connectivity index (χ3n) is 2.93. The van der Waals surface area contributed by atoms with Gasteiger partial charge in [0.25, 0.3) is 0 Å². The molecular weight excluding hydrogens is 218 g/mol. The second-order valence-corrected chi connectivity index (χ2v) is 4.63. The standard InChI is InChI=1S/C12H17N3O2/c1-8(2)9-7-10(11(16)17)14-12(13-9)15-5-3-4-6-15/h7-8H,3-6H2,1-2H3,(H,16,17). The van der Waals surface area contributed by atoms with Crippen LogP contribution < -0.4 is 4.90 Å². The quantitative estimate of drug-likeness (QED) is 0.866. The van der Waals surface area contributed by atoms with Crippen molar-refractivity contribution >= 4 is 11.9 Å². The molecule has 0 aliphatic carbocycles. The van der Waals surface area contributed by atoms with Crippen LogP contribution in [0.5, 0.6) is 0 Å². The summed E-state index contributed by atoms with van der Waals surface area (Å²) in [4.78, 5) is 21.6. The van der Waals surface area contributed by atoms with Crippen LogP contribution in [0.2, 0.25) is 0 Å². The normalized spacial score (nSPS) is 15.6. The number of carboxylic acid groups (broad SMARTS) is 1. The molecule has 1 fully saturated rings. The summed E-state index contributed by atoms with van der Waals surface area (Å²) in [5.41, 5.74) is 0.880. The van der Waals surface area contributed by atoms with E-state index >= 15 is 0 Å². The van der Waals surface area contributed by atoms with Gasteiger partial charge in [-0.3, -0.25) is 0 Å². The zero-order valence-corrected chi connectivity index (χ0v) is 10.2. The fourth-order valence-electron chi connectivity index (χ4n) is 1.92. The number of rotatable bonds is 3. The molecule has 0 aromatic carbocycles. The highest BCUT2D eigenvalue weighted by Gasteiger charge is 2.19. The molecule has 0 amide bonds. The first-order valence-corrected chi connectivity index (χ1v) is 5.95. The highest BCUT2D eigenvalue weighted by molar-refractivity contribution is 5.85. The third-order valence-corrected chi connectivity index (χ3v) is 2.93. The summed E-state index contributed by atoms with van der Waals surface area (Å²) in [7, 11) is 0. The van der Waals surface area contributed by atoms with E-state index < -0.39 is 5.97 Å². The number of anilines is 1. The van der Waals surface area contributed by atoms with Crippen LogP contribution >= 0.6 is 0 Å².